The first kappa shape index (κ1) is 8.75. The summed E-state index contributed by atoms with van der Waals surface area (Å²) in [7, 11) is 0. The highest BCUT2D eigenvalue weighted by Crippen LogP contribution is 2.08. The van der Waals surface area contributed by atoms with Crippen LogP contribution in [0.4, 0.5) is 0 Å². The van der Waals surface area contributed by atoms with Gasteiger partial charge in [-0.25, -0.2) is 4.98 Å². The highest BCUT2D eigenvalue weighted by molar-refractivity contribution is 4.98. The molecule has 0 radical (unpaired) electrons. The summed E-state index contributed by atoms with van der Waals surface area (Å²) in [5.41, 5.74) is 5.78. The van der Waals surface area contributed by atoms with Crippen LogP contribution in [-0.2, 0) is 0 Å². The number of hydrogen-bond acceptors (Lipinski definition) is 3. The Balaban J connectivity index is 2.37. The third kappa shape index (κ3) is 2.36. The molecule has 4 nitrogen and oxygen atoms in total. The summed E-state index contributed by atoms with van der Waals surface area (Å²) in [6, 6.07) is -0.0756. The summed E-state index contributed by atoms with van der Waals surface area (Å²) in [6.07, 6.45) is 3.08. The van der Waals surface area contributed by atoms with Crippen LogP contribution < -0.4 is 5.73 Å². The Morgan fingerprint density at radius 2 is 2.58 bits per heavy atom. The third-order valence-electron chi connectivity index (χ3n) is 1.54. The summed E-state index contributed by atoms with van der Waals surface area (Å²) in [6.45, 7) is 1.82. The van der Waals surface area contributed by atoms with Crippen molar-refractivity contribution in [3.63, 3.8) is 0 Å². The van der Waals surface area contributed by atoms with Gasteiger partial charge in [0.1, 0.15) is 12.2 Å². The molecule has 0 saturated heterocycles. The van der Waals surface area contributed by atoms with Crippen molar-refractivity contribution in [2.45, 2.75) is 25.8 Å². The van der Waals surface area contributed by atoms with E-state index in [1.807, 2.05) is 6.92 Å². The lowest BCUT2D eigenvalue weighted by molar-refractivity contribution is 0.627. The summed E-state index contributed by atoms with van der Waals surface area (Å²) in [4.78, 5) is 3.96. The topological polar surface area (TPSA) is 67.6 Å². The average molecular weight is 164 g/mol. The Kier molecular flexibility index (Phi) is 3.30. The van der Waals surface area contributed by atoms with Crippen molar-refractivity contribution < 1.29 is 0 Å². The largest absolute Gasteiger partial charge is 0.321 e. The lowest BCUT2D eigenvalue weighted by Crippen LogP contribution is -2.11. The van der Waals surface area contributed by atoms with Gasteiger partial charge in [-0.15, -0.1) is 11.8 Å². The van der Waals surface area contributed by atoms with Crippen molar-refractivity contribution in [3.8, 4) is 11.8 Å². The molecule has 0 aliphatic carbocycles. The molecule has 0 aliphatic rings. The van der Waals surface area contributed by atoms with Crippen LogP contribution in [0.3, 0.4) is 0 Å². The fourth-order valence-electron chi connectivity index (χ4n) is 0.883. The van der Waals surface area contributed by atoms with Crippen LogP contribution in [0.15, 0.2) is 6.33 Å². The third-order valence-corrected chi connectivity index (χ3v) is 1.54. The van der Waals surface area contributed by atoms with Crippen LogP contribution >= 0.6 is 0 Å². The van der Waals surface area contributed by atoms with Crippen LogP contribution in [0.5, 0.6) is 0 Å². The maximum Gasteiger partial charge on any atom is 0.141 e. The van der Waals surface area contributed by atoms with E-state index >= 15 is 0 Å². The van der Waals surface area contributed by atoms with Crippen molar-refractivity contribution in [2.75, 3.05) is 0 Å². The Hall–Kier alpha value is -1.34. The lowest BCUT2D eigenvalue weighted by atomic mass is 10.1. The Morgan fingerprint density at radius 3 is 3.17 bits per heavy atom. The molecule has 4 heteroatoms. The molecular formula is C8H12N4. The molecule has 0 fully saturated rings. The monoisotopic (exact) mass is 164 g/mol. The SMILES string of the molecule is CC#CCCC(N)c1ncn[nH]1. The van der Waals surface area contributed by atoms with E-state index in [0.717, 1.165) is 18.7 Å². The molecule has 0 spiro atoms. The van der Waals surface area contributed by atoms with Gasteiger partial charge in [0, 0.05) is 6.42 Å². The minimum absolute atomic E-state index is 0.0756. The molecule has 0 aromatic carbocycles. The molecule has 0 amide bonds. The van der Waals surface area contributed by atoms with E-state index in [0.29, 0.717) is 0 Å². The van der Waals surface area contributed by atoms with Gasteiger partial charge in [-0.05, 0) is 13.3 Å². The molecule has 1 aromatic rings. The van der Waals surface area contributed by atoms with E-state index in [2.05, 4.69) is 27.0 Å². The fourth-order valence-corrected chi connectivity index (χ4v) is 0.883. The maximum absolute atomic E-state index is 5.78. The molecule has 3 N–H and O–H groups in total. The van der Waals surface area contributed by atoms with Gasteiger partial charge in [0.15, 0.2) is 0 Å². The molecule has 0 aliphatic heterocycles. The van der Waals surface area contributed by atoms with E-state index in [1.165, 1.54) is 6.33 Å². The summed E-state index contributed by atoms with van der Waals surface area (Å²) < 4.78 is 0. The number of rotatable bonds is 3. The van der Waals surface area contributed by atoms with E-state index < -0.39 is 0 Å². The normalized spacial score (nSPS) is 11.8. The number of aromatic nitrogens is 3. The molecule has 1 rings (SSSR count). The average Bonchev–Trinajstić information content (AvgIpc) is 2.56. The number of aromatic amines is 1. The first-order valence-corrected chi connectivity index (χ1v) is 3.85. The second-order valence-electron chi connectivity index (χ2n) is 2.44. The van der Waals surface area contributed by atoms with Gasteiger partial charge in [0.25, 0.3) is 0 Å². The van der Waals surface area contributed by atoms with Crippen molar-refractivity contribution in [3.05, 3.63) is 12.2 Å². The molecule has 12 heavy (non-hydrogen) atoms. The summed E-state index contributed by atoms with van der Waals surface area (Å²) in [5, 5.41) is 6.45. The minimum atomic E-state index is -0.0756. The molecular weight excluding hydrogens is 152 g/mol. The van der Waals surface area contributed by atoms with E-state index in [4.69, 9.17) is 5.73 Å². The quantitative estimate of drug-likeness (QED) is 0.643. The van der Waals surface area contributed by atoms with Crippen LogP contribution in [0.1, 0.15) is 31.6 Å². The van der Waals surface area contributed by atoms with Gasteiger partial charge < -0.3 is 5.73 Å². The first-order valence-electron chi connectivity index (χ1n) is 3.85. The number of hydrogen-bond donors (Lipinski definition) is 2. The van der Waals surface area contributed by atoms with Gasteiger partial charge in [-0.2, -0.15) is 5.10 Å². The number of nitrogens with zero attached hydrogens (tertiary/aromatic N) is 2. The van der Waals surface area contributed by atoms with Crippen LogP contribution in [0.2, 0.25) is 0 Å². The van der Waals surface area contributed by atoms with Crippen molar-refractivity contribution in [2.24, 2.45) is 5.73 Å². The molecule has 1 atom stereocenters. The van der Waals surface area contributed by atoms with Gasteiger partial charge in [0.2, 0.25) is 0 Å². The van der Waals surface area contributed by atoms with E-state index in [1.54, 1.807) is 0 Å². The zero-order valence-corrected chi connectivity index (χ0v) is 7.04. The van der Waals surface area contributed by atoms with Crippen molar-refractivity contribution in [1.82, 2.24) is 15.2 Å². The Labute approximate surface area is 71.6 Å². The zero-order chi connectivity index (χ0) is 8.81. The van der Waals surface area contributed by atoms with Gasteiger partial charge >= 0.3 is 0 Å². The molecule has 1 heterocycles. The van der Waals surface area contributed by atoms with E-state index in [-0.39, 0.29) is 6.04 Å². The molecule has 0 bridgehead atoms. The van der Waals surface area contributed by atoms with Crippen LogP contribution in [0, 0.1) is 11.8 Å². The predicted octanol–water partition coefficient (Wildman–Crippen LogP) is 0.608. The van der Waals surface area contributed by atoms with Crippen molar-refractivity contribution >= 4 is 0 Å². The van der Waals surface area contributed by atoms with Crippen LogP contribution in [-0.4, -0.2) is 15.2 Å². The first-order chi connectivity index (χ1) is 5.84. The Morgan fingerprint density at radius 1 is 1.75 bits per heavy atom. The van der Waals surface area contributed by atoms with E-state index in [9.17, 15) is 0 Å². The highest BCUT2D eigenvalue weighted by atomic mass is 15.2. The molecule has 0 saturated carbocycles. The van der Waals surface area contributed by atoms with Gasteiger partial charge in [-0.3, -0.25) is 5.10 Å². The highest BCUT2D eigenvalue weighted by Gasteiger charge is 2.06. The van der Waals surface area contributed by atoms with Crippen molar-refractivity contribution in [1.29, 1.82) is 0 Å². The molecule has 1 unspecified atom stereocenters. The second-order valence-corrected chi connectivity index (χ2v) is 2.44. The number of H-pyrrole nitrogens is 1. The second kappa shape index (κ2) is 4.52. The molecule has 64 valence electrons. The standard InChI is InChI=1S/C8H12N4/c1-2-3-4-5-7(9)8-10-6-11-12-8/h6-7H,4-5,9H2,1H3,(H,10,11,12). The summed E-state index contributed by atoms with van der Waals surface area (Å²) in [5.74, 6) is 6.50. The predicted molar refractivity (Wildman–Crippen MR) is 46.0 cm³/mol. The smallest absolute Gasteiger partial charge is 0.141 e. The summed E-state index contributed by atoms with van der Waals surface area (Å²) >= 11 is 0. The molecule has 1 aromatic heterocycles. The number of nitrogens with one attached hydrogen (secondary N) is 1. The minimum Gasteiger partial charge on any atom is -0.321 e. The Bertz CT molecular complexity index is 267. The number of nitrogens with two attached hydrogens (primary N) is 1. The van der Waals surface area contributed by atoms with Crippen LogP contribution in [0.25, 0.3) is 0 Å². The van der Waals surface area contributed by atoms with Gasteiger partial charge in [0.05, 0.1) is 6.04 Å². The lowest BCUT2D eigenvalue weighted by Gasteiger charge is -2.03. The zero-order valence-electron chi connectivity index (χ0n) is 7.04. The van der Waals surface area contributed by atoms with Gasteiger partial charge in [-0.1, -0.05) is 0 Å². The maximum atomic E-state index is 5.78. The fraction of sp³-hybridized carbons (Fsp3) is 0.500.